The highest BCUT2D eigenvalue weighted by atomic mass is 16.5. The van der Waals surface area contributed by atoms with Gasteiger partial charge >= 0.3 is 0 Å². The summed E-state index contributed by atoms with van der Waals surface area (Å²) in [5.74, 6) is -0.243. The molecule has 3 aliphatic heterocycles. The van der Waals surface area contributed by atoms with Gasteiger partial charge in [-0.1, -0.05) is 30.3 Å². The van der Waals surface area contributed by atoms with Crippen LogP contribution >= 0.6 is 0 Å². The summed E-state index contributed by atoms with van der Waals surface area (Å²) in [6.45, 7) is 0.982. The van der Waals surface area contributed by atoms with E-state index in [1.807, 2.05) is 30.3 Å². The van der Waals surface area contributed by atoms with Crippen LogP contribution in [-0.4, -0.2) is 58.7 Å². The van der Waals surface area contributed by atoms with Crippen LogP contribution in [0.1, 0.15) is 18.4 Å². The number of ether oxygens (including phenoxy) is 1. The van der Waals surface area contributed by atoms with Crippen LogP contribution in [0.2, 0.25) is 0 Å². The van der Waals surface area contributed by atoms with E-state index >= 15 is 0 Å². The molecule has 0 spiro atoms. The van der Waals surface area contributed by atoms with Crippen molar-refractivity contribution in [2.24, 2.45) is 0 Å². The monoisotopic (exact) mass is 314 g/mol. The molecule has 120 valence electrons. The smallest absolute Gasteiger partial charge is 0.246 e. The van der Waals surface area contributed by atoms with Gasteiger partial charge in [0.2, 0.25) is 11.8 Å². The SMILES string of the molecule is O=C1C[C@H]2C(=O)N3C[C@@H](OCc4ccccc4)C[C@H]3C(=O)N2C1. The lowest BCUT2D eigenvalue weighted by molar-refractivity contribution is -0.157. The molecule has 3 heterocycles. The van der Waals surface area contributed by atoms with Gasteiger partial charge in [-0.2, -0.15) is 0 Å². The van der Waals surface area contributed by atoms with Gasteiger partial charge < -0.3 is 14.5 Å². The first-order chi connectivity index (χ1) is 11.1. The Balaban J connectivity index is 1.44. The van der Waals surface area contributed by atoms with Crippen molar-refractivity contribution < 1.29 is 19.1 Å². The minimum atomic E-state index is -0.584. The summed E-state index contributed by atoms with van der Waals surface area (Å²) in [7, 11) is 0. The molecule has 3 saturated heterocycles. The molecule has 6 nitrogen and oxygen atoms in total. The number of nitrogens with zero attached hydrogens (tertiary/aromatic N) is 2. The van der Waals surface area contributed by atoms with Gasteiger partial charge in [0.25, 0.3) is 0 Å². The second-order valence-corrected chi connectivity index (χ2v) is 6.39. The number of hydrogen-bond acceptors (Lipinski definition) is 4. The van der Waals surface area contributed by atoms with Crippen molar-refractivity contribution in [3.8, 4) is 0 Å². The zero-order valence-electron chi connectivity index (χ0n) is 12.7. The van der Waals surface area contributed by atoms with Crippen LogP contribution in [0.4, 0.5) is 0 Å². The molecule has 0 saturated carbocycles. The van der Waals surface area contributed by atoms with Crippen molar-refractivity contribution in [3.05, 3.63) is 35.9 Å². The van der Waals surface area contributed by atoms with E-state index in [4.69, 9.17) is 4.74 Å². The molecule has 0 aliphatic carbocycles. The molecule has 23 heavy (non-hydrogen) atoms. The Morgan fingerprint density at radius 2 is 1.74 bits per heavy atom. The first-order valence-electron chi connectivity index (χ1n) is 7.91. The molecule has 0 N–H and O–H groups in total. The van der Waals surface area contributed by atoms with Crippen LogP contribution in [0.5, 0.6) is 0 Å². The molecule has 3 fully saturated rings. The number of hydrogen-bond donors (Lipinski definition) is 0. The molecule has 0 radical (unpaired) electrons. The Labute approximate surface area is 134 Å². The average Bonchev–Trinajstić information content (AvgIpc) is 3.16. The first kappa shape index (κ1) is 14.4. The van der Waals surface area contributed by atoms with E-state index < -0.39 is 12.1 Å². The van der Waals surface area contributed by atoms with E-state index in [-0.39, 0.29) is 36.7 Å². The summed E-state index contributed by atoms with van der Waals surface area (Å²) in [4.78, 5) is 39.7. The third kappa shape index (κ3) is 2.43. The highest BCUT2D eigenvalue weighted by Gasteiger charge is 2.53. The van der Waals surface area contributed by atoms with Crippen LogP contribution in [-0.2, 0) is 25.7 Å². The van der Waals surface area contributed by atoms with Crippen LogP contribution in [0.15, 0.2) is 30.3 Å². The van der Waals surface area contributed by atoms with Crippen LogP contribution in [0, 0.1) is 0 Å². The third-order valence-electron chi connectivity index (χ3n) is 4.87. The predicted molar refractivity (Wildman–Crippen MR) is 80.3 cm³/mol. The molecule has 1 aromatic rings. The van der Waals surface area contributed by atoms with Crippen LogP contribution < -0.4 is 0 Å². The number of carbonyl (C=O) groups excluding carboxylic acids is 3. The van der Waals surface area contributed by atoms with Crippen LogP contribution in [0.3, 0.4) is 0 Å². The van der Waals surface area contributed by atoms with Crippen molar-refractivity contribution in [2.75, 3.05) is 13.1 Å². The third-order valence-corrected chi connectivity index (χ3v) is 4.87. The van der Waals surface area contributed by atoms with E-state index in [9.17, 15) is 14.4 Å². The summed E-state index contributed by atoms with van der Waals surface area (Å²) >= 11 is 0. The molecular weight excluding hydrogens is 296 g/mol. The number of ketones is 1. The maximum atomic E-state index is 12.5. The van der Waals surface area contributed by atoms with E-state index in [0.717, 1.165) is 5.56 Å². The molecule has 4 rings (SSSR count). The number of rotatable bonds is 3. The Bertz CT molecular complexity index is 626. The first-order valence-corrected chi connectivity index (χ1v) is 7.91. The highest BCUT2D eigenvalue weighted by molar-refractivity contribution is 6.04. The van der Waals surface area contributed by atoms with Crippen molar-refractivity contribution in [3.63, 3.8) is 0 Å². The van der Waals surface area contributed by atoms with E-state index in [0.29, 0.717) is 19.6 Å². The number of fused-ring (bicyclic) bond motifs is 2. The zero-order valence-corrected chi connectivity index (χ0v) is 12.7. The number of amides is 2. The number of carbonyl (C=O) groups is 3. The van der Waals surface area contributed by atoms with Gasteiger partial charge in [0.05, 0.1) is 19.3 Å². The van der Waals surface area contributed by atoms with Gasteiger partial charge in [0.15, 0.2) is 5.78 Å². The molecule has 6 heteroatoms. The molecule has 3 atom stereocenters. The normalized spacial score (nSPS) is 29.9. The van der Waals surface area contributed by atoms with Gasteiger partial charge in [-0.05, 0) is 5.56 Å². The second-order valence-electron chi connectivity index (χ2n) is 6.39. The summed E-state index contributed by atoms with van der Waals surface area (Å²) in [5.41, 5.74) is 1.07. The standard InChI is InChI=1S/C17H18N2O4/c20-12-6-14-16(21)19-9-13(7-15(19)17(22)18(14)8-12)23-10-11-4-2-1-3-5-11/h1-5,13-15H,6-10H2/t13-,14-,15-/m0/s1. The lowest BCUT2D eigenvalue weighted by atomic mass is 10.1. The van der Waals surface area contributed by atoms with Crippen molar-refractivity contribution in [1.29, 1.82) is 0 Å². The summed E-state index contributed by atoms with van der Waals surface area (Å²) in [5, 5.41) is 0. The molecule has 1 aromatic carbocycles. The fourth-order valence-corrected chi connectivity index (χ4v) is 3.71. The summed E-state index contributed by atoms with van der Waals surface area (Å²) < 4.78 is 5.89. The summed E-state index contributed by atoms with van der Waals surface area (Å²) in [6.07, 6.45) is 0.529. The molecule has 2 amide bonds. The van der Waals surface area contributed by atoms with Gasteiger partial charge in [0.1, 0.15) is 12.1 Å². The maximum absolute atomic E-state index is 12.5. The molecule has 3 aliphatic rings. The Kier molecular flexibility index (Phi) is 3.41. The average molecular weight is 314 g/mol. The minimum absolute atomic E-state index is 0.0326. The van der Waals surface area contributed by atoms with E-state index in [1.165, 1.54) is 4.90 Å². The fourth-order valence-electron chi connectivity index (χ4n) is 3.71. The van der Waals surface area contributed by atoms with Gasteiger partial charge in [0, 0.05) is 19.4 Å². The molecule has 0 bridgehead atoms. The predicted octanol–water partition coefficient (Wildman–Crippen LogP) is 0.356. The fraction of sp³-hybridized carbons (Fsp3) is 0.471. The van der Waals surface area contributed by atoms with Gasteiger partial charge in [-0.3, -0.25) is 14.4 Å². The van der Waals surface area contributed by atoms with Crippen molar-refractivity contribution in [2.45, 2.75) is 37.6 Å². The van der Waals surface area contributed by atoms with Crippen LogP contribution in [0.25, 0.3) is 0 Å². The Morgan fingerprint density at radius 3 is 2.52 bits per heavy atom. The lowest BCUT2D eigenvalue weighted by Crippen LogP contribution is -2.60. The Hall–Kier alpha value is -2.21. The van der Waals surface area contributed by atoms with Gasteiger partial charge in [-0.15, -0.1) is 0 Å². The van der Waals surface area contributed by atoms with E-state index in [2.05, 4.69) is 0 Å². The largest absolute Gasteiger partial charge is 0.372 e. The molecule has 0 aromatic heterocycles. The zero-order chi connectivity index (χ0) is 16.0. The molecule has 0 unspecified atom stereocenters. The van der Waals surface area contributed by atoms with Crippen molar-refractivity contribution in [1.82, 2.24) is 9.80 Å². The number of benzene rings is 1. The topological polar surface area (TPSA) is 66.9 Å². The van der Waals surface area contributed by atoms with Crippen molar-refractivity contribution >= 4 is 17.6 Å². The second kappa shape index (κ2) is 5.45. The maximum Gasteiger partial charge on any atom is 0.246 e. The van der Waals surface area contributed by atoms with E-state index in [1.54, 1.807) is 4.90 Å². The summed E-state index contributed by atoms with van der Waals surface area (Å²) in [6, 6.07) is 8.78. The highest BCUT2D eigenvalue weighted by Crippen LogP contribution is 2.32. The number of Topliss-reactive ketones (excluding diaryl/α,β-unsaturated/α-hetero) is 1. The Morgan fingerprint density at radius 1 is 1.00 bits per heavy atom. The quantitative estimate of drug-likeness (QED) is 0.808. The minimum Gasteiger partial charge on any atom is -0.372 e. The number of piperazine rings is 1. The van der Waals surface area contributed by atoms with Gasteiger partial charge in [-0.25, -0.2) is 0 Å². The molecular formula is C17H18N2O4. The lowest BCUT2D eigenvalue weighted by Gasteiger charge is -2.37.